The summed E-state index contributed by atoms with van der Waals surface area (Å²) in [5.41, 5.74) is 3.68. The third kappa shape index (κ3) is 2.43. The van der Waals surface area contributed by atoms with Crippen molar-refractivity contribution in [2.45, 2.75) is 19.0 Å². The molecule has 1 atom stereocenters. The molecular formula is C14H19N3O2. The Balaban J connectivity index is 1.80. The lowest BCUT2D eigenvalue weighted by molar-refractivity contribution is 0.132. The lowest BCUT2D eigenvalue weighted by Gasteiger charge is -2.32. The first-order valence-corrected chi connectivity index (χ1v) is 6.50. The molecule has 2 aromatic heterocycles. The van der Waals surface area contributed by atoms with Crippen LogP contribution in [0.4, 0.5) is 0 Å². The number of fused-ring (bicyclic) bond motifs is 1. The van der Waals surface area contributed by atoms with E-state index in [9.17, 15) is 0 Å². The lowest BCUT2D eigenvalue weighted by Crippen LogP contribution is -2.35. The van der Waals surface area contributed by atoms with Crippen LogP contribution in [0.15, 0.2) is 29.3 Å². The van der Waals surface area contributed by atoms with Crippen LogP contribution in [0.25, 0.3) is 0 Å². The molecule has 2 aromatic rings. The minimum atomic E-state index is 0.383. The van der Waals surface area contributed by atoms with Gasteiger partial charge in [-0.15, -0.1) is 0 Å². The molecule has 0 saturated heterocycles. The molecule has 0 fully saturated rings. The zero-order valence-electron chi connectivity index (χ0n) is 11.4. The maximum Gasteiger partial charge on any atom is 0.0949 e. The first-order valence-electron chi connectivity index (χ1n) is 6.50. The van der Waals surface area contributed by atoms with Crippen molar-refractivity contribution in [1.29, 1.82) is 0 Å². The quantitative estimate of drug-likeness (QED) is 0.841. The Morgan fingerprint density at radius 2 is 2.42 bits per heavy atom. The number of nitrogens with zero attached hydrogens (tertiary/aromatic N) is 3. The number of ether oxygens (including phenoxy) is 1. The van der Waals surface area contributed by atoms with E-state index in [0.717, 1.165) is 26.2 Å². The lowest BCUT2D eigenvalue weighted by atomic mass is 9.98. The molecule has 102 valence electrons. The third-order valence-electron chi connectivity index (χ3n) is 3.66. The third-order valence-corrected chi connectivity index (χ3v) is 3.66. The molecule has 0 radical (unpaired) electrons. The van der Waals surface area contributed by atoms with E-state index < -0.39 is 0 Å². The molecule has 0 unspecified atom stereocenters. The molecule has 3 heterocycles. The van der Waals surface area contributed by atoms with Gasteiger partial charge in [0, 0.05) is 51.0 Å². The van der Waals surface area contributed by atoms with Crippen LogP contribution in [0.2, 0.25) is 0 Å². The fourth-order valence-corrected chi connectivity index (χ4v) is 2.90. The summed E-state index contributed by atoms with van der Waals surface area (Å²) < 4.78 is 12.6. The highest BCUT2D eigenvalue weighted by atomic mass is 16.5. The normalized spacial score (nSPS) is 19.6. The Morgan fingerprint density at radius 3 is 3.16 bits per heavy atom. The molecule has 19 heavy (non-hydrogen) atoms. The summed E-state index contributed by atoms with van der Waals surface area (Å²) in [6.45, 7) is 3.51. The number of hydrogen-bond acceptors (Lipinski definition) is 4. The van der Waals surface area contributed by atoms with Crippen LogP contribution in [-0.2, 0) is 24.9 Å². The van der Waals surface area contributed by atoms with E-state index in [0.29, 0.717) is 5.92 Å². The van der Waals surface area contributed by atoms with Crippen LogP contribution in [-0.4, -0.2) is 34.7 Å². The number of aryl methyl sites for hydroxylation is 1. The van der Waals surface area contributed by atoms with Crippen molar-refractivity contribution < 1.29 is 9.15 Å². The van der Waals surface area contributed by atoms with Gasteiger partial charge in [0.2, 0.25) is 0 Å². The fourth-order valence-electron chi connectivity index (χ4n) is 2.90. The monoisotopic (exact) mass is 261 g/mol. The van der Waals surface area contributed by atoms with Gasteiger partial charge in [0.1, 0.15) is 0 Å². The first kappa shape index (κ1) is 12.4. The number of methoxy groups -OCH3 is 1. The van der Waals surface area contributed by atoms with Crippen molar-refractivity contribution in [2.75, 3.05) is 20.3 Å². The largest absolute Gasteiger partial charge is 0.472 e. The summed E-state index contributed by atoms with van der Waals surface area (Å²) in [5.74, 6) is 0.383. The number of hydrogen-bond donors (Lipinski definition) is 0. The number of rotatable bonds is 4. The van der Waals surface area contributed by atoms with Crippen molar-refractivity contribution >= 4 is 0 Å². The molecule has 3 rings (SSSR count). The van der Waals surface area contributed by atoms with Crippen molar-refractivity contribution in [3.05, 3.63) is 41.9 Å². The second-order valence-corrected chi connectivity index (χ2v) is 5.14. The SMILES string of the molecule is COC[C@H]1CN(Cc2ccoc2)Cc2ncn(C)c21. The number of imidazole rings is 1. The van der Waals surface area contributed by atoms with Crippen LogP contribution >= 0.6 is 0 Å². The van der Waals surface area contributed by atoms with Crippen LogP contribution in [0.5, 0.6) is 0 Å². The molecular weight excluding hydrogens is 242 g/mol. The van der Waals surface area contributed by atoms with Crippen molar-refractivity contribution in [2.24, 2.45) is 7.05 Å². The molecule has 0 spiro atoms. The molecule has 0 aromatic carbocycles. The summed E-state index contributed by atoms with van der Waals surface area (Å²) in [6.07, 6.45) is 5.42. The second-order valence-electron chi connectivity index (χ2n) is 5.14. The van der Waals surface area contributed by atoms with Crippen molar-refractivity contribution in [3.8, 4) is 0 Å². The summed E-state index contributed by atoms with van der Waals surface area (Å²) in [5, 5.41) is 0. The van der Waals surface area contributed by atoms with E-state index in [4.69, 9.17) is 9.15 Å². The maximum absolute atomic E-state index is 5.36. The fraction of sp³-hybridized carbons (Fsp3) is 0.500. The van der Waals surface area contributed by atoms with E-state index in [2.05, 4.69) is 21.5 Å². The van der Waals surface area contributed by atoms with E-state index in [1.165, 1.54) is 17.0 Å². The molecule has 0 bridgehead atoms. The van der Waals surface area contributed by atoms with Crippen molar-refractivity contribution in [3.63, 3.8) is 0 Å². The second kappa shape index (κ2) is 5.19. The zero-order chi connectivity index (χ0) is 13.2. The predicted molar refractivity (Wildman–Crippen MR) is 70.6 cm³/mol. The van der Waals surface area contributed by atoms with Gasteiger partial charge in [0.05, 0.1) is 31.2 Å². The highest BCUT2D eigenvalue weighted by Crippen LogP contribution is 2.28. The molecule has 1 aliphatic rings. The average molecular weight is 261 g/mol. The van der Waals surface area contributed by atoms with Gasteiger partial charge in [0.15, 0.2) is 0 Å². The number of furan rings is 1. The summed E-state index contributed by atoms with van der Waals surface area (Å²) >= 11 is 0. The van der Waals surface area contributed by atoms with Gasteiger partial charge in [-0.05, 0) is 6.07 Å². The van der Waals surface area contributed by atoms with Crippen LogP contribution in [0.1, 0.15) is 22.9 Å². The molecule has 0 saturated carbocycles. The van der Waals surface area contributed by atoms with Gasteiger partial charge >= 0.3 is 0 Å². The molecule has 5 heteroatoms. The Bertz CT molecular complexity index is 533. The molecule has 0 aliphatic carbocycles. The van der Waals surface area contributed by atoms with E-state index in [-0.39, 0.29) is 0 Å². The van der Waals surface area contributed by atoms with Gasteiger partial charge in [-0.3, -0.25) is 4.90 Å². The average Bonchev–Trinajstić information content (AvgIpc) is 3.00. The highest BCUT2D eigenvalue weighted by Gasteiger charge is 2.28. The van der Waals surface area contributed by atoms with Gasteiger partial charge < -0.3 is 13.7 Å². The molecule has 1 aliphatic heterocycles. The summed E-state index contributed by atoms with van der Waals surface area (Å²) in [6, 6.07) is 2.01. The Morgan fingerprint density at radius 1 is 1.53 bits per heavy atom. The van der Waals surface area contributed by atoms with Gasteiger partial charge in [-0.1, -0.05) is 0 Å². The zero-order valence-corrected chi connectivity index (χ0v) is 11.4. The van der Waals surface area contributed by atoms with Crippen LogP contribution in [0, 0.1) is 0 Å². The molecule has 5 nitrogen and oxygen atoms in total. The topological polar surface area (TPSA) is 43.4 Å². The predicted octanol–water partition coefficient (Wildman–Crippen LogP) is 1.76. The van der Waals surface area contributed by atoms with Crippen LogP contribution < -0.4 is 0 Å². The van der Waals surface area contributed by atoms with Gasteiger partial charge in [0.25, 0.3) is 0 Å². The van der Waals surface area contributed by atoms with E-state index in [1.54, 1.807) is 19.6 Å². The van der Waals surface area contributed by atoms with Crippen LogP contribution in [0.3, 0.4) is 0 Å². The summed E-state index contributed by atoms with van der Waals surface area (Å²) in [4.78, 5) is 6.90. The molecule has 0 amide bonds. The molecule has 0 N–H and O–H groups in total. The number of aromatic nitrogens is 2. The van der Waals surface area contributed by atoms with Gasteiger partial charge in [-0.2, -0.15) is 0 Å². The first-order chi connectivity index (χ1) is 9.28. The summed E-state index contributed by atoms with van der Waals surface area (Å²) in [7, 11) is 3.81. The van der Waals surface area contributed by atoms with Gasteiger partial charge in [-0.25, -0.2) is 4.98 Å². The van der Waals surface area contributed by atoms with Crippen molar-refractivity contribution in [1.82, 2.24) is 14.5 Å². The Hall–Kier alpha value is -1.59. The smallest absolute Gasteiger partial charge is 0.0949 e. The Kier molecular flexibility index (Phi) is 3.40. The minimum absolute atomic E-state index is 0.383. The highest BCUT2D eigenvalue weighted by molar-refractivity contribution is 5.22. The minimum Gasteiger partial charge on any atom is -0.472 e. The standard InChI is InChI=1S/C14H19N3O2/c1-16-10-15-13-7-17(5-11-3-4-19-8-11)6-12(9-18-2)14(13)16/h3-4,8,10,12H,5-7,9H2,1-2H3/t12-/m1/s1. The van der Waals surface area contributed by atoms with E-state index in [1.807, 2.05) is 12.4 Å². The maximum atomic E-state index is 5.36. The van der Waals surface area contributed by atoms with E-state index >= 15 is 0 Å². The Labute approximate surface area is 112 Å².